The van der Waals surface area contributed by atoms with Crippen LogP contribution in [0.4, 0.5) is 20.3 Å². The maximum atomic E-state index is 13.2. The third kappa shape index (κ3) is 4.60. The molecule has 1 heterocycles. The van der Waals surface area contributed by atoms with Crippen LogP contribution in [0, 0.1) is 11.6 Å². The Hall–Kier alpha value is -3.35. The van der Waals surface area contributed by atoms with Gasteiger partial charge >= 0.3 is 0 Å². The molecule has 0 spiro atoms. The zero-order chi connectivity index (χ0) is 18.4. The molecule has 3 rings (SSSR count). The minimum atomic E-state index is -1.03. The van der Waals surface area contributed by atoms with Gasteiger partial charge in [0.05, 0.1) is 0 Å². The first-order valence-corrected chi connectivity index (χ1v) is 7.98. The lowest BCUT2D eigenvalue weighted by Crippen LogP contribution is -2.15. The van der Waals surface area contributed by atoms with E-state index in [-0.39, 0.29) is 11.4 Å². The number of nitrogens with zero attached hydrogens (tertiary/aromatic N) is 2. The molecular formula is C19H16F2N4O. The number of rotatable bonds is 6. The van der Waals surface area contributed by atoms with Crippen LogP contribution in [0.3, 0.4) is 0 Å². The van der Waals surface area contributed by atoms with Crippen molar-refractivity contribution in [3.8, 4) is 0 Å². The zero-order valence-electron chi connectivity index (χ0n) is 13.7. The average molecular weight is 354 g/mol. The number of hydrogen-bond donors (Lipinski definition) is 2. The molecule has 3 aromatic rings. The van der Waals surface area contributed by atoms with Crippen LogP contribution in [0.1, 0.15) is 16.1 Å². The normalized spacial score (nSPS) is 10.4. The summed E-state index contributed by atoms with van der Waals surface area (Å²) in [6.07, 6.45) is 2.08. The summed E-state index contributed by atoms with van der Waals surface area (Å²) in [5, 5.41) is 5.60. The van der Waals surface area contributed by atoms with E-state index in [1.165, 1.54) is 24.0 Å². The smallest absolute Gasteiger partial charge is 0.274 e. The summed E-state index contributed by atoms with van der Waals surface area (Å²) in [5.74, 6) is -2.04. The number of anilines is 2. The molecule has 0 unspecified atom stereocenters. The van der Waals surface area contributed by atoms with Crippen LogP contribution in [0.15, 0.2) is 60.9 Å². The van der Waals surface area contributed by atoms with Gasteiger partial charge in [0.15, 0.2) is 11.6 Å². The molecular weight excluding hydrogens is 338 g/mol. The molecule has 5 nitrogen and oxygen atoms in total. The fourth-order valence-corrected chi connectivity index (χ4v) is 2.33. The van der Waals surface area contributed by atoms with Crippen molar-refractivity contribution in [3.05, 3.63) is 83.8 Å². The summed E-state index contributed by atoms with van der Waals surface area (Å²) >= 11 is 0. The summed E-state index contributed by atoms with van der Waals surface area (Å²) in [6, 6.07) is 14.6. The minimum Gasteiger partial charge on any atom is -0.370 e. The summed E-state index contributed by atoms with van der Waals surface area (Å²) < 4.78 is 26.2. The third-order valence-electron chi connectivity index (χ3n) is 3.64. The maximum absolute atomic E-state index is 13.2. The van der Waals surface area contributed by atoms with E-state index in [1.54, 1.807) is 0 Å². The third-order valence-corrected chi connectivity index (χ3v) is 3.64. The van der Waals surface area contributed by atoms with Gasteiger partial charge in [-0.2, -0.15) is 0 Å². The van der Waals surface area contributed by atoms with Crippen LogP contribution >= 0.6 is 0 Å². The Morgan fingerprint density at radius 3 is 2.54 bits per heavy atom. The van der Waals surface area contributed by atoms with Gasteiger partial charge in [-0.15, -0.1) is 0 Å². The SMILES string of the molecule is O=C(Nc1ccc(F)c(F)c1)c1cc(NCCc2ccccc2)ncn1. The Morgan fingerprint density at radius 2 is 1.77 bits per heavy atom. The van der Waals surface area contributed by atoms with Crippen LogP contribution in [-0.4, -0.2) is 22.4 Å². The van der Waals surface area contributed by atoms with Crippen molar-refractivity contribution in [1.82, 2.24) is 9.97 Å². The quantitative estimate of drug-likeness (QED) is 0.709. The second kappa shape index (κ2) is 8.15. The van der Waals surface area contributed by atoms with Gasteiger partial charge in [0.1, 0.15) is 17.8 Å². The first kappa shape index (κ1) is 17.5. The van der Waals surface area contributed by atoms with Gasteiger partial charge in [-0.05, 0) is 24.1 Å². The predicted molar refractivity (Wildman–Crippen MR) is 95.0 cm³/mol. The van der Waals surface area contributed by atoms with Crippen molar-refractivity contribution < 1.29 is 13.6 Å². The lowest BCUT2D eigenvalue weighted by molar-refractivity contribution is 0.102. The number of amides is 1. The first-order chi connectivity index (χ1) is 12.6. The molecule has 132 valence electrons. The second-order valence-electron chi connectivity index (χ2n) is 5.53. The summed E-state index contributed by atoms with van der Waals surface area (Å²) in [7, 11) is 0. The number of halogens is 2. The van der Waals surface area contributed by atoms with E-state index in [9.17, 15) is 13.6 Å². The van der Waals surface area contributed by atoms with Gasteiger partial charge in [0.2, 0.25) is 0 Å². The lowest BCUT2D eigenvalue weighted by Gasteiger charge is -2.08. The van der Waals surface area contributed by atoms with E-state index in [1.807, 2.05) is 30.3 Å². The number of carbonyl (C=O) groups is 1. The molecule has 0 fully saturated rings. The Morgan fingerprint density at radius 1 is 0.962 bits per heavy atom. The fraction of sp³-hybridized carbons (Fsp3) is 0.105. The van der Waals surface area contributed by atoms with E-state index in [0.717, 1.165) is 18.6 Å². The van der Waals surface area contributed by atoms with Crippen molar-refractivity contribution in [2.75, 3.05) is 17.2 Å². The molecule has 0 saturated heterocycles. The number of aromatic nitrogens is 2. The van der Waals surface area contributed by atoms with Crippen molar-refractivity contribution in [3.63, 3.8) is 0 Å². The summed E-state index contributed by atoms with van der Waals surface area (Å²) in [5.41, 5.74) is 1.45. The molecule has 1 amide bonds. The number of nitrogens with one attached hydrogen (secondary N) is 2. The Balaban J connectivity index is 1.60. The molecule has 0 aliphatic carbocycles. The largest absolute Gasteiger partial charge is 0.370 e. The van der Waals surface area contributed by atoms with Gasteiger partial charge in [-0.1, -0.05) is 30.3 Å². The van der Waals surface area contributed by atoms with Gasteiger partial charge in [0.25, 0.3) is 5.91 Å². The highest BCUT2D eigenvalue weighted by molar-refractivity contribution is 6.03. The van der Waals surface area contributed by atoms with Gasteiger partial charge in [-0.25, -0.2) is 18.7 Å². The van der Waals surface area contributed by atoms with Crippen molar-refractivity contribution in [2.24, 2.45) is 0 Å². The molecule has 0 aliphatic heterocycles. The zero-order valence-corrected chi connectivity index (χ0v) is 13.7. The highest BCUT2D eigenvalue weighted by Gasteiger charge is 2.11. The standard InChI is InChI=1S/C19H16F2N4O/c20-15-7-6-14(10-16(15)21)25-19(26)17-11-18(24-12-23-17)22-9-8-13-4-2-1-3-5-13/h1-7,10-12H,8-9H2,(H,25,26)(H,22,23,24). The molecule has 0 aliphatic rings. The number of carbonyl (C=O) groups excluding carboxylic acids is 1. The van der Waals surface area contributed by atoms with Crippen molar-refractivity contribution in [2.45, 2.75) is 6.42 Å². The molecule has 0 radical (unpaired) electrons. The topological polar surface area (TPSA) is 66.9 Å². The van der Waals surface area contributed by atoms with Crippen molar-refractivity contribution in [1.29, 1.82) is 0 Å². The first-order valence-electron chi connectivity index (χ1n) is 7.98. The molecule has 2 N–H and O–H groups in total. The van der Waals surface area contributed by atoms with Gasteiger partial charge < -0.3 is 10.6 Å². The highest BCUT2D eigenvalue weighted by atomic mass is 19.2. The Bertz CT molecular complexity index is 903. The lowest BCUT2D eigenvalue weighted by atomic mass is 10.1. The van der Waals surface area contributed by atoms with E-state index in [2.05, 4.69) is 20.6 Å². The number of hydrogen-bond acceptors (Lipinski definition) is 4. The van der Waals surface area contributed by atoms with Gasteiger partial charge in [0, 0.05) is 24.4 Å². The van der Waals surface area contributed by atoms with Gasteiger partial charge in [-0.3, -0.25) is 4.79 Å². The van der Waals surface area contributed by atoms with Crippen LogP contribution in [0.5, 0.6) is 0 Å². The van der Waals surface area contributed by atoms with E-state index in [0.29, 0.717) is 12.4 Å². The average Bonchev–Trinajstić information content (AvgIpc) is 2.66. The number of benzene rings is 2. The monoisotopic (exact) mass is 354 g/mol. The molecule has 7 heteroatoms. The molecule has 26 heavy (non-hydrogen) atoms. The van der Waals surface area contributed by atoms with Crippen LogP contribution in [0.25, 0.3) is 0 Å². The van der Waals surface area contributed by atoms with E-state index >= 15 is 0 Å². The molecule has 0 bridgehead atoms. The molecule has 1 aromatic heterocycles. The molecule has 0 saturated carbocycles. The summed E-state index contributed by atoms with van der Waals surface area (Å²) in [4.78, 5) is 20.2. The highest BCUT2D eigenvalue weighted by Crippen LogP contribution is 2.14. The van der Waals surface area contributed by atoms with Crippen molar-refractivity contribution >= 4 is 17.4 Å². The second-order valence-corrected chi connectivity index (χ2v) is 5.53. The Kier molecular flexibility index (Phi) is 5.48. The van der Waals surface area contributed by atoms with Crippen LogP contribution in [0.2, 0.25) is 0 Å². The minimum absolute atomic E-state index is 0.118. The van der Waals surface area contributed by atoms with Crippen LogP contribution < -0.4 is 10.6 Å². The predicted octanol–water partition coefficient (Wildman–Crippen LogP) is 3.66. The van der Waals surface area contributed by atoms with Crippen LogP contribution in [-0.2, 0) is 6.42 Å². The fourth-order valence-electron chi connectivity index (χ4n) is 2.33. The maximum Gasteiger partial charge on any atom is 0.274 e. The molecule has 0 atom stereocenters. The van der Waals surface area contributed by atoms with E-state index in [4.69, 9.17) is 0 Å². The Labute approximate surface area is 149 Å². The molecule has 2 aromatic carbocycles. The summed E-state index contributed by atoms with van der Waals surface area (Å²) in [6.45, 7) is 0.644. The van der Waals surface area contributed by atoms with E-state index < -0.39 is 17.5 Å².